The van der Waals surface area contributed by atoms with Gasteiger partial charge in [-0.05, 0) is 18.2 Å². The fraction of sp³-hybridized carbons (Fsp3) is 0.231. The molecule has 0 amide bonds. The van der Waals surface area contributed by atoms with Crippen molar-refractivity contribution in [1.29, 1.82) is 0 Å². The highest BCUT2D eigenvalue weighted by Crippen LogP contribution is 2.20. The maximum absolute atomic E-state index is 13.8. The topological polar surface area (TPSA) is 38.1 Å². The highest BCUT2D eigenvalue weighted by molar-refractivity contribution is 5.75. The Labute approximate surface area is 105 Å². The fourth-order valence-corrected chi connectivity index (χ4v) is 1.82. The summed E-state index contributed by atoms with van der Waals surface area (Å²) in [5.74, 6) is -0.397. The summed E-state index contributed by atoms with van der Waals surface area (Å²) in [4.78, 5) is 12.3. The van der Waals surface area contributed by atoms with Crippen LogP contribution < -0.4 is 4.90 Å². The number of benzene rings is 1. The molecule has 1 aromatic heterocycles. The molecule has 0 unspecified atom stereocenters. The number of carbonyl (C=O) groups is 1. The summed E-state index contributed by atoms with van der Waals surface area (Å²) < 4.78 is 15.5. The number of aryl methyl sites for hydroxylation is 1. The van der Waals surface area contributed by atoms with E-state index in [0.717, 1.165) is 5.56 Å². The van der Waals surface area contributed by atoms with E-state index in [0.29, 0.717) is 24.1 Å². The molecule has 18 heavy (non-hydrogen) atoms. The number of aldehydes is 1. The fourth-order valence-electron chi connectivity index (χ4n) is 1.82. The van der Waals surface area contributed by atoms with E-state index in [2.05, 4.69) is 5.10 Å². The van der Waals surface area contributed by atoms with Gasteiger partial charge in [-0.25, -0.2) is 4.39 Å². The van der Waals surface area contributed by atoms with Crippen molar-refractivity contribution in [3.63, 3.8) is 0 Å². The molecule has 0 fully saturated rings. The summed E-state index contributed by atoms with van der Waals surface area (Å²) in [6.07, 6.45) is 4.26. The van der Waals surface area contributed by atoms with Gasteiger partial charge >= 0.3 is 0 Å². The SMILES string of the molecule is CN(Cc1cnn(C)c1)c1ccc(C=O)cc1F. The van der Waals surface area contributed by atoms with Crippen LogP contribution in [0.1, 0.15) is 15.9 Å². The van der Waals surface area contributed by atoms with E-state index >= 15 is 0 Å². The molecule has 0 saturated carbocycles. The first-order valence-electron chi connectivity index (χ1n) is 5.53. The summed E-state index contributed by atoms with van der Waals surface area (Å²) in [5.41, 5.74) is 1.80. The number of carbonyl (C=O) groups excluding carboxylic acids is 1. The second-order valence-corrected chi connectivity index (χ2v) is 4.21. The van der Waals surface area contributed by atoms with Crippen molar-refractivity contribution in [3.8, 4) is 0 Å². The number of hydrogen-bond donors (Lipinski definition) is 0. The van der Waals surface area contributed by atoms with E-state index in [-0.39, 0.29) is 0 Å². The van der Waals surface area contributed by atoms with Crippen LogP contribution in [0.15, 0.2) is 30.6 Å². The summed E-state index contributed by atoms with van der Waals surface area (Å²) in [6.45, 7) is 0.561. The third kappa shape index (κ3) is 2.56. The van der Waals surface area contributed by atoms with Gasteiger partial charge in [-0.1, -0.05) is 0 Å². The molecule has 0 atom stereocenters. The molecule has 4 nitrogen and oxygen atoms in total. The quantitative estimate of drug-likeness (QED) is 0.776. The zero-order valence-electron chi connectivity index (χ0n) is 10.3. The van der Waals surface area contributed by atoms with Gasteiger partial charge in [0.15, 0.2) is 0 Å². The summed E-state index contributed by atoms with van der Waals surface area (Å²) in [5, 5.41) is 4.06. The average molecular weight is 247 g/mol. The number of aromatic nitrogens is 2. The molecule has 1 aromatic carbocycles. The second kappa shape index (κ2) is 5.00. The maximum atomic E-state index is 13.8. The van der Waals surface area contributed by atoms with Crippen LogP contribution in [0.2, 0.25) is 0 Å². The first-order valence-corrected chi connectivity index (χ1v) is 5.53. The third-order valence-electron chi connectivity index (χ3n) is 2.70. The summed E-state index contributed by atoms with van der Waals surface area (Å²) in [7, 11) is 3.63. The molecule has 94 valence electrons. The number of nitrogens with zero attached hydrogens (tertiary/aromatic N) is 3. The molecule has 0 bridgehead atoms. The highest BCUT2D eigenvalue weighted by Gasteiger charge is 2.09. The van der Waals surface area contributed by atoms with Gasteiger partial charge in [-0.15, -0.1) is 0 Å². The van der Waals surface area contributed by atoms with Crippen molar-refractivity contribution in [3.05, 3.63) is 47.5 Å². The number of hydrogen-bond acceptors (Lipinski definition) is 3. The molecule has 0 aliphatic carbocycles. The van der Waals surface area contributed by atoms with Crippen molar-refractivity contribution in [2.24, 2.45) is 7.05 Å². The Morgan fingerprint density at radius 1 is 1.50 bits per heavy atom. The van der Waals surface area contributed by atoms with Crippen molar-refractivity contribution < 1.29 is 9.18 Å². The first-order chi connectivity index (χ1) is 8.60. The Morgan fingerprint density at radius 2 is 2.28 bits per heavy atom. The van der Waals surface area contributed by atoms with E-state index < -0.39 is 5.82 Å². The molecular formula is C13H14FN3O. The summed E-state index contributed by atoms with van der Waals surface area (Å²) in [6, 6.07) is 4.45. The molecule has 2 rings (SSSR count). The summed E-state index contributed by atoms with van der Waals surface area (Å²) >= 11 is 0. The molecule has 0 radical (unpaired) electrons. The van der Waals surface area contributed by atoms with Gasteiger partial charge in [-0.3, -0.25) is 9.48 Å². The Kier molecular flexibility index (Phi) is 3.41. The van der Waals surface area contributed by atoms with Crippen LogP contribution in [-0.4, -0.2) is 23.1 Å². The highest BCUT2D eigenvalue weighted by atomic mass is 19.1. The minimum Gasteiger partial charge on any atom is -0.368 e. The Balaban J connectivity index is 2.18. The van der Waals surface area contributed by atoms with Crippen LogP contribution in [-0.2, 0) is 13.6 Å². The van der Waals surface area contributed by atoms with Crippen molar-refractivity contribution >= 4 is 12.0 Å². The number of halogens is 1. The Morgan fingerprint density at radius 3 is 2.83 bits per heavy atom. The zero-order chi connectivity index (χ0) is 13.1. The smallest absolute Gasteiger partial charge is 0.150 e. The minimum atomic E-state index is -0.397. The van der Waals surface area contributed by atoms with Gasteiger partial charge in [0.2, 0.25) is 0 Å². The van der Waals surface area contributed by atoms with Crippen LogP contribution in [0.3, 0.4) is 0 Å². The molecule has 5 heteroatoms. The lowest BCUT2D eigenvalue weighted by Crippen LogP contribution is -2.17. The van der Waals surface area contributed by atoms with E-state index in [1.54, 1.807) is 35.0 Å². The largest absolute Gasteiger partial charge is 0.368 e. The lowest BCUT2D eigenvalue weighted by atomic mass is 10.2. The maximum Gasteiger partial charge on any atom is 0.150 e. The van der Waals surface area contributed by atoms with E-state index in [4.69, 9.17) is 0 Å². The molecule has 0 spiro atoms. The molecular weight excluding hydrogens is 233 g/mol. The lowest BCUT2D eigenvalue weighted by molar-refractivity contribution is 0.112. The number of rotatable bonds is 4. The second-order valence-electron chi connectivity index (χ2n) is 4.21. The van der Waals surface area contributed by atoms with Crippen molar-refractivity contribution in [2.75, 3.05) is 11.9 Å². The average Bonchev–Trinajstić information content (AvgIpc) is 2.74. The predicted molar refractivity (Wildman–Crippen MR) is 67.1 cm³/mol. The lowest BCUT2D eigenvalue weighted by Gasteiger charge is -2.19. The number of anilines is 1. The van der Waals surface area contributed by atoms with E-state index in [1.807, 2.05) is 13.2 Å². The Hall–Kier alpha value is -2.17. The molecule has 1 heterocycles. The van der Waals surface area contributed by atoms with Crippen molar-refractivity contribution in [2.45, 2.75) is 6.54 Å². The van der Waals surface area contributed by atoms with Crippen LogP contribution in [0.5, 0.6) is 0 Å². The van der Waals surface area contributed by atoms with Gasteiger partial charge in [0.25, 0.3) is 0 Å². The minimum absolute atomic E-state index is 0.339. The third-order valence-corrected chi connectivity index (χ3v) is 2.70. The zero-order valence-corrected chi connectivity index (χ0v) is 10.3. The van der Waals surface area contributed by atoms with Crippen LogP contribution in [0, 0.1) is 5.82 Å². The van der Waals surface area contributed by atoms with Gasteiger partial charge in [0.1, 0.15) is 12.1 Å². The molecule has 2 aromatic rings. The monoisotopic (exact) mass is 247 g/mol. The van der Waals surface area contributed by atoms with Gasteiger partial charge in [0.05, 0.1) is 11.9 Å². The van der Waals surface area contributed by atoms with Crippen LogP contribution >= 0.6 is 0 Å². The van der Waals surface area contributed by atoms with Gasteiger partial charge < -0.3 is 4.90 Å². The first kappa shape index (κ1) is 12.3. The van der Waals surface area contributed by atoms with Crippen molar-refractivity contribution in [1.82, 2.24) is 9.78 Å². The Bertz CT molecular complexity index is 565. The van der Waals surface area contributed by atoms with Crippen LogP contribution in [0.4, 0.5) is 10.1 Å². The molecule has 0 aliphatic rings. The predicted octanol–water partition coefficient (Wildman–Crippen LogP) is 2.01. The molecule has 0 N–H and O–H groups in total. The standard InChI is InChI=1S/C13H14FN3O/c1-16(7-11-6-15-17(2)8-11)13-4-3-10(9-18)5-12(13)14/h3-6,8-9H,7H2,1-2H3. The molecule has 0 saturated heterocycles. The van der Waals surface area contributed by atoms with Crippen LogP contribution in [0.25, 0.3) is 0 Å². The molecule has 0 aliphatic heterocycles. The van der Waals surface area contributed by atoms with Gasteiger partial charge in [-0.2, -0.15) is 5.10 Å². The van der Waals surface area contributed by atoms with E-state index in [9.17, 15) is 9.18 Å². The van der Waals surface area contributed by atoms with Gasteiger partial charge in [0, 0.05) is 38.0 Å². The normalized spacial score (nSPS) is 10.4. The van der Waals surface area contributed by atoms with E-state index in [1.165, 1.54) is 6.07 Å².